The molecule has 3 aromatic rings. The van der Waals surface area contributed by atoms with Crippen molar-refractivity contribution in [1.29, 1.82) is 0 Å². The van der Waals surface area contributed by atoms with Gasteiger partial charge in [0.15, 0.2) is 5.88 Å². The van der Waals surface area contributed by atoms with Crippen molar-refractivity contribution >= 4 is 17.0 Å². The lowest BCUT2D eigenvalue weighted by molar-refractivity contribution is -0.137. The second kappa shape index (κ2) is 11.9. The number of piperidine rings is 1. The van der Waals surface area contributed by atoms with Crippen LogP contribution in [-0.4, -0.2) is 71.9 Å². The van der Waals surface area contributed by atoms with Gasteiger partial charge in [0.1, 0.15) is 0 Å². The number of aromatic amines is 1. The van der Waals surface area contributed by atoms with Crippen LogP contribution in [0.2, 0.25) is 0 Å². The molecular weight excluding hydrogens is 595 g/mol. The predicted molar refractivity (Wildman–Crippen MR) is 171 cm³/mol. The Morgan fingerprint density at radius 1 is 0.978 bits per heavy atom. The van der Waals surface area contributed by atoms with Crippen LogP contribution in [0, 0.1) is 0 Å². The zero-order chi connectivity index (χ0) is 32.1. The molecule has 46 heavy (non-hydrogen) atoms. The van der Waals surface area contributed by atoms with Crippen LogP contribution < -0.4 is 16.2 Å². The van der Waals surface area contributed by atoms with Gasteiger partial charge < -0.3 is 25.5 Å². The van der Waals surface area contributed by atoms with E-state index in [1.54, 1.807) is 12.1 Å². The molecule has 4 N–H and O–H groups in total. The van der Waals surface area contributed by atoms with Gasteiger partial charge in [0.05, 0.1) is 47.0 Å². The van der Waals surface area contributed by atoms with Crippen LogP contribution in [0.4, 0.5) is 18.9 Å². The van der Waals surface area contributed by atoms with Gasteiger partial charge in [-0.3, -0.25) is 14.6 Å². The zero-order valence-corrected chi connectivity index (χ0v) is 25.5. The van der Waals surface area contributed by atoms with Crippen molar-refractivity contribution in [1.82, 2.24) is 14.8 Å². The summed E-state index contributed by atoms with van der Waals surface area (Å²) in [4.78, 5) is 22.5. The lowest BCUT2D eigenvalue weighted by atomic mass is 9.86. The number of nitrogens with two attached hydrogens (primary N) is 1. The monoisotopic (exact) mass is 633 g/mol. The molecule has 2 aromatic carbocycles. The van der Waals surface area contributed by atoms with Crippen molar-refractivity contribution in [3.8, 4) is 0 Å². The smallest absolute Gasteiger partial charge is 0.416 e. The summed E-state index contributed by atoms with van der Waals surface area (Å²) in [7, 11) is 0. The Kier molecular flexibility index (Phi) is 7.94. The minimum Gasteiger partial charge on any atom is -0.494 e. The highest BCUT2D eigenvalue weighted by atomic mass is 19.4. The van der Waals surface area contributed by atoms with Gasteiger partial charge in [-0.25, -0.2) is 0 Å². The number of hydrogen-bond acceptors (Lipinski definition) is 7. The molecule has 0 unspecified atom stereocenters. The molecule has 0 spiro atoms. The number of ether oxygens (including phenoxy) is 1. The van der Waals surface area contributed by atoms with Crippen LogP contribution in [0.15, 0.2) is 83.0 Å². The molecule has 0 radical (unpaired) electrons. The number of pyridine rings is 1. The molecule has 0 atom stereocenters. The third-order valence-electron chi connectivity index (χ3n) is 9.88. The highest BCUT2D eigenvalue weighted by Gasteiger charge is 2.54. The van der Waals surface area contributed by atoms with E-state index in [0.29, 0.717) is 40.8 Å². The molecule has 3 aliphatic heterocycles. The minimum atomic E-state index is -4.55. The number of morpholine rings is 1. The summed E-state index contributed by atoms with van der Waals surface area (Å²) in [5.41, 5.74) is 8.23. The number of nitrogens with one attached hydrogen (secondary N) is 1. The quantitative estimate of drug-likeness (QED) is 0.317. The van der Waals surface area contributed by atoms with Crippen LogP contribution >= 0.6 is 0 Å². The summed E-state index contributed by atoms with van der Waals surface area (Å²) in [5, 5.41) is 11.1. The SMILES string of the molecule is NC(O)=C1C(CN2CCC(N3CCOCC3)CC2)=C(c2cccc(C(F)(F)F)c2)N(C2(c3ccccc3)CC2)c2ccc(=O)[nH]c21. The number of benzene rings is 2. The Morgan fingerprint density at radius 3 is 2.35 bits per heavy atom. The molecular formula is C35H38F3N5O3. The molecule has 4 heterocycles. The second-order valence-electron chi connectivity index (χ2n) is 12.6. The summed E-state index contributed by atoms with van der Waals surface area (Å²) in [5.74, 6) is -0.491. The number of likely N-dealkylation sites (tertiary alicyclic amines) is 1. The predicted octanol–water partition coefficient (Wildman–Crippen LogP) is 5.30. The molecule has 242 valence electrons. The first-order valence-electron chi connectivity index (χ1n) is 15.9. The molecule has 0 bridgehead atoms. The molecule has 1 aliphatic carbocycles. The van der Waals surface area contributed by atoms with Crippen LogP contribution in [0.25, 0.3) is 11.3 Å². The highest BCUT2D eigenvalue weighted by molar-refractivity contribution is 6.03. The van der Waals surface area contributed by atoms with Gasteiger partial charge in [0, 0.05) is 37.3 Å². The van der Waals surface area contributed by atoms with E-state index < -0.39 is 23.2 Å². The van der Waals surface area contributed by atoms with Crippen LogP contribution in [0.5, 0.6) is 0 Å². The molecule has 1 aromatic heterocycles. The third-order valence-corrected chi connectivity index (χ3v) is 9.88. The number of alkyl halides is 3. The minimum absolute atomic E-state index is 0.246. The molecule has 4 aliphatic rings. The van der Waals surface area contributed by atoms with Gasteiger partial charge >= 0.3 is 6.18 Å². The number of aromatic nitrogens is 1. The van der Waals surface area contributed by atoms with Gasteiger partial charge in [-0.05, 0) is 68.1 Å². The second-order valence-corrected chi connectivity index (χ2v) is 12.6. The molecule has 11 heteroatoms. The Bertz CT molecular complexity index is 1710. The summed E-state index contributed by atoms with van der Waals surface area (Å²) in [6.07, 6.45) is -1.17. The van der Waals surface area contributed by atoms with Gasteiger partial charge in [-0.1, -0.05) is 42.5 Å². The van der Waals surface area contributed by atoms with E-state index in [-0.39, 0.29) is 11.1 Å². The van der Waals surface area contributed by atoms with E-state index in [1.165, 1.54) is 18.2 Å². The largest absolute Gasteiger partial charge is 0.494 e. The van der Waals surface area contributed by atoms with Gasteiger partial charge in [0.2, 0.25) is 5.56 Å². The fourth-order valence-electron chi connectivity index (χ4n) is 7.51. The number of anilines is 1. The Hall–Kier alpha value is -4.06. The van der Waals surface area contributed by atoms with Crippen molar-refractivity contribution in [2.75, 3.05) is 50.8 Å². The highest BCUT2D eigenvalue weighted by Crippen LogP contribution is 2.59. The lowest BCUT2D eigenvalue weighted by Gasteiger charge is -2.44. The fourth-order valence-corrected chi connectivity index (χ4v) is 7.51. The Balaban J connectivity index is 1.40. The van der Waals surface area contributed by atoms with E-state index in [9.17, 15) is 23.1 Å². The maximum absolute atomic E-state index is 14.1. The van der Waals surface area contributed by atoms with Crippen molar-refractivity contribution in [2.24, 2.45) is 5.73 Å². The number of H-pyrrole nitrogens is 1. The van der Waals surface area contributed by atoms with E-state index in [4.69, 9.17) is 10.5 Å². The molecule has 3 fully saturated rings. The maximum Gasteiger partial charge on any atom is 0.416 e. The Morgan fingerprint density at radius 2 is 1.70 bits per heavy atom. The maximum atomic E-state index is 14.1. The average Bonchev–Trinajstić information content (AvgIpc) is 3.87. The zero-order valence-electron chi connectivity index (χ0n) is 25.5. The van der Waals surface area contributed by atoms with E-state index >= 15 is 0 Å². The molecule has 2 saturated heterocycles. The molecule has 7 rings (SSSR count). The Labute approximate surface area is 265 Å². The van der Waals surface area contributed by atoms with Crippen LogP contribution in [0.3, 0.4) is 0 Å². The summed E-state index contributed by atoms with van der Waals surface area (Å²) >= 11 is 0. The number of nitrogens with zero attached hydrogens (tertiary/aromatic N) is 3. The average molecular weight is 634 g/mol. The number of hydrogen-bond donors (Lipinski definition) is 3. The van der Waals surface area contributed by atoms with Crippen molar-refractivity contribution in [3.05, 3.63) is 111 Å². The number of fused-ring (bicyclic) bond motifs is 1. The molecule has 1 saturated carbocycles. The lowest BCUT2D eigenvalue weighted by Crippen LogP contribution is -2.49. The van der Waals surface area contributed by atoms with Gasteiger partial charge in [-0.2, -0.15) is 13.2 Å². The standard InChI is InChI=1S/C35H38F3N5O3/c36-35(37,38)25-8-4-5-23(21-25)32-27(22-41-15-11-26(12-16-41)42-17-19-46-20-18-42)30(33(39)45)31-28(9-10-29(44)40-31)43(32)34(13-14-34)24-6-2-1-3-7-24/h1-10,21,26,45H,11-20,22,39H2,(H,40,44). The fraction of sp³-hybridized carbons (Fsp3) is 0.400. The van der Waals surface area contributed by atoms with E-state index in [0.717, 1.165) is 76.7 Å². The normalized spacial score (nSPS) is 22.1. The number of aliphatic hydroxyl groups is 1. The van der Waals surface area contributed by atoms with Gasteiger partial charge in [0.25, 0.3) is 0 Å². The van der Waals surface area contributed by atoms with Crippen molar-refractivity contribution in [3.63, 3.8) is 0 Å². The van der Waals surface area contributed by atoms with Crippen LogP contribution in [0.1, 0.15) is 48.1 Å². The first-order valence-corrected chi connectivity index (χ1v) is 15.9. The molecule has 8 nitrogen and oxygen atoms in total. The van der Waals surface area contributed by atoms with Gasteiger partial charge in [-0.15, -0.1) is 0 Å². The number of rotatable bonds is 6. The van der Waals surface area contributed by atoms with E-state index in [2.05, 4.69) is 19.7 Å². The van der Waals surface area contributed by atoms with E-state index in [1.807, 2.05) is 30.3 Å². The van der Waals surface area contributed by atoms with Crippen LogP contribution in [-0.2, 0) is 16.5 Å². The summed E-state index contributed by atoms with van der Waals surface area (Å²) < 4.78 is 47.9. The van der Waals surface area contributed by atoms with Crippen molar-refractivity contribution in [2.45, 2.75) is 43.4 Å². The topological polar surface area (TPSA) is 98.1 Å². The third kappa shape index (κ3) is 5.61. The summed E-state index contributed by atoms with van der Waals surface area (Å²) in [6.45, 7) is 5.13. The number of halogens is 3. The molecule has 0 amide bonds. The first kappa shape index (κ1) is 30.6. The first-order chi connectivity index (χ1) is 22.2. The van der Waals surface area contributed by atoms with Crippen molar-refractivity contribution < 1.29 is 23.0 Å². The summed E-state index contributed by atoms with van der Waals surface area (Å²) in [6, 6.07) is 18.8. The number of aliphatic hydroxyl groups excluding tert-OH is 1.